The Bertz CT molecular complexity index is 1260. The van der Waals surface area contributed by atoms with E-state index in [1.807, 2.05) is 31.2 Å². The fourth-order valence-electron chi connectivity index (χ4n) is 4.58. The number of carbonyl (C=O) groups is 1. The second-order valence-electron chi connectivity index (χ2n) is 9.24. The molecule has 0 saturated carbocycles. The Morgan fingerprint density at radius 3 is 2.08 bits per heavy atom. The molecule has 0 aliphatic carbocycles. The fraction of sp³-hybridized carbons (Fsp3) is 0.321. The highest BCUT2D eigenvalue weighted by Gasteiger charge is 2.46. The van der Waals surface area contributed by atoms with Gasteiger partial charge in [-0.15, -0.1) is 0 Å². The van der Waals surface area contributed by atoms with Crippen molar-refractivity contribution in [1.29, 1.82) is 0 Å². The summed E-state index contributed by atoms with van der Waals surface area (Å²) in [5, 5.41) is 2.96. The number of urea groups is 1. The molecule has 0 spiro atoms. The molecule has 4 rings (SSSR count). The maximum absolute atomic E-state index is 13.4. The summed E-state index contributed by atoms with van der Waals surface area (Å²) in [4.78, 5) is 14.7. The SMILES string of the molecule is CCc1ccccc1N1C[C@@](CO[C@H](C)c2cc(C(F)(F)F)cc(C(F)(F)F)c2)(c2ccccc2)NC1=O. The lowest BCUT2D eigenvalue weighted by molar-refractivity contribution is -0.143. The zero-order chi connectivity index (χ0) is 27.7. The Labute approximate surface area is 216 Å². The molecule has 1 N–H and O–H groups in total. The molecular formula is C28H26F6N2O2. The van der Waals surface area contributed by atoms with Crippen LogP contribution in [-0.4, -0.2) is 19.2 Å². The molecule has 0 unspecified atom stereocenters. The number of anilines is 1. The number of nitrogens with zero attached hydrogens (tertiary/aromatic N) is 1. The van der Waals surface area contributed by atoms with E-state index >= 15 is 0 Å². The van der Waals surface area contributed by atoms with Crippen molar-refractivity contribution in [2.45, 2.75) is 44.3 Å². The summed E-state index contributed by atoms with van der Waals surface area (Å²) in [5.41, 5.74) is -1.83. The van der Waals surface area contributed by atoms with Crippen LogP contribution in [0.5, 0.6) is 0 Å². The number of para-hydroxylation sites is 1. The fourth-order valence-corrected chi connectivity index (χ4v) is 4.58. The molecule has 0 aromatic heterocycles. The molecule has 2 atom stereocenters. The molecule has 2 amide bonds. The molecule has 1 aliphatic heterocycles. The van der Waals surface area contributed by atoms with Gasteiger partial charge in [0.2, 0.25) is 0 Å². The molecule has 3 aromatic carbocycles. The first-order valence-electron chi connectivity index (χ1n) is 12.0. The first kappa shape index (κ1) is 27.5. The molecule has 38 heavy (non-hydrogen) atoms. The first-order valence-corrected chi connectivity index (χ1v) is 12.0. The number of nitrogens with one attached hydrogen (secondary N) is 1. The van der Waals surface area contributed by atoms with Gasteiger partial charge in [-0.1, -0.05) is 55.5 Å². The van der Waals surface area contributed by atoms with Crippen molar-refractivity contribution >= 4 is 11.7 Å². The number of amides is 2. The molecule has 0 radical (unpaired) electrons. The van der Waals surface area contributed by atoms with E-state index in [-0.39, 0.29) is 30.8 Å². The van der Waals surface area contributed by atoms with Gasteiger partial charge < -0.3 is 10.1 Å². The van der Waals surface area contributed by atoms with E-state index < -0.39 is 35.1 Å². The second-order valence-corrected chi connectivity index (χ2v) is 9.24. The number of ether oxygens (including phenoxy) is 1. The maximum atomic E-state index is 13.4. The Hall–Kier alpha value is -3.53. The number of alkyl halides is 6. The molecular weight excluding hydrogens is 510 g/mol. The Morgan fingerprint density at radius 2 is 1.50 bits per heavy atom. The van der Waals surface area contributed by atoms with E-state index in [1.54, 1.807) is 35.2 Å². The van der Waals surface area contributed by atoms with Crippen LogP contribution in [0.2, 0.25) is 0 Å². The third kappa shape index (κ3) is 5.65. The Kier molecular flexibility index (Phi) is 7.47. The predicted octanol–water partition coefficient (Wildman–Crippen LogP) is 7.49. The van der Waals surface area contributed by atoms with E-state index in [4.69, 9.17) is 4.74 Å². The molecule has 1 saturated heterocycles. The standard InChI is InChI=1S/C28H26F6N2O2/c1-3-19-9-7-8-12-24(19)36-16-26(35-25(36)37,21-10-5-4-6-11-21)17-38-18(2)20-13-22(27(29,30)31)15-23(14-20)28(32,33)34/h4-15,18H,3,16-17H2,1-2H3,(H,35,37)/t18-,26-/m1/s1. The Balaban J connectivity index is 1.66. The zero-order valence-corrected chi connectivity index (χ0v) is 20.7. The lowest BCUT2D eigenvalue weighted by atomic mass is 9.91. The molecule has 10 heteroatoms. The van der Waals surface area contributed by atoms with Gasteiger partial charge in [0.15, 0.2) is 0 Å². The van der Waals surface area contributed by atoms with Gasteiger partial charge in [-0.05, 0) is 54.3 Å². The third-order valence-electron chi connectivity index (χ3n) is 6.67. The number of benzene rings is 3. The van der Waals surface area contributed by atoms with Gasteiger partial charge in [0.05, 0.1) is 30.4 Å². The molecule has 1 aliphatic rings. The van der Waals surface area contributed by atoms with Gasteiger partial charge in [-0.25, -0.2) is 4.79 Å². The molecule has 202 valence electrons. The molecule has 3 aromatic rings. The number of hydrogen-bond donors (Lipinski definition) is 1. The van der Waals surface area contributed by atoms with E-state index in [9.17, 15) is 31.1 Å². The zero-order valence-electron chi connectivity index (χ0n) is 20.7. The van der Waals surface area contributed by atoms with Gasteiger partial charge in [0.25, 0.3) is 0 Å². The quantitative estimate of drug-likeness (QED) is 0.318. The smallest absolute Gasteiger partial charge is 0.371 e. The first-order chi connectivity index (χ1) is 17.8. The van der Waals surface area contributed by atoms with Crippen molar-refractivity contribution in [1.82, 2.24) is 5.32 Å². The van der Waals surface area contributed by atoms with Crippen LogP contribution < -0.4 is 10.2 Å². The average molecular weight is 537 g/mol. The van der Waals surface area contributed by atoms with Crippen LogP contribution in [0.4, 0.5) is 36.8 Å². The summed E-state index contributed by atoms with van der Waals surface area (Å²) in [6, 6.07) is 17.4. The van der Waals surface area contributed by atoms with Crippen LogP contribution in [0.3, 0.4) is 0 Å². The van der Waals surface area contributed by atoms with Crippen LogP contribution in [0.25, 0.3) is 0 Å². The lowest BCUT2D eigenvalue weighted by Crippen LogP contribution is -2.45. The number of hydrogen-bond acceptors (Lipinski definition) is 2. The highest BCUT2D eigenvalue weighted by atomic mass is 19.4. The van der Waals surface area contributed by atoms with Crippen molar-refractivity contribution < 1.29 is 35.9 Å². The van der Waals surface area contributed by atoms with Gasteiger partial charge in [-0.2, -0.15) is 26.3 Å². The van der Waals surface area contributed by atoms with Crippen molar-refractivity contribution in [3.8, 4) is 0 Å². The summed E-state index contributed by atoms with van der Waals surface area (Å²) >= 11 is 0. The van der Waals surface area contributed by atoms with Gasteiger partial charge in [0, 0.05) is 5.69 Å². The minimum absolute atomic E-state index is 0.0852. The minimum Gasteiger partial charge on any atom is -0.371 e. The molecule has 4 nitrogen and oxygen atoms in total. The molecule has 1 heterocycles. The second kappa shape index (κ2) is 10.3. The van der Waals surface area contributed by atoms with E-state index in [0.717, 1.165) is 5.56 Å². The van der Waals surface area contributed by atoms with Crippen molar-refractivity contribution in [3.05, 3.63) is 101 Å². The average Bonchev–Trinajstić information content (AvgIpc) is 3.23. The van der Waals surface area contributed by atoms with Crippen molar-refractivity contribution in [2.24, 2.45) is 0 Å². The third-order valence-corrected chi connectivity index (χ3v) is 6.67. The van der Waals surface area contributed by atoms with E-state index in [2.05, 4.69) is 5.32 Å². The van der Waals surface area contributed by atoms with E-state index in [0.29, 0.717) is 29.8 Å². The van der Waals surface area contributed by atoms with Crippen LogP contribution in [0.1, 0.15) is 47.8 Å². The number of rotatable bonds is 7. The topological polar surface area (TPSA) is 41.6 Å². The van der Waals surface area contributed by atoms with Gasteiger partial charge in [0.1, 0.15) is 5.54 Å². The molecule has 0 bridgehead atoms. The van der Waals surface area contributed by atoms with E-state index in [1.165, 1.54) is 6.92 Å². The van der Waals surface area contributed by atoms with Crippen LogP contribution in [0.15, 0.2) is 72.8 Å². The van der Waals surface area contributed by atoms with Crippen molar-refractivity contribution in [3.63, 3.8) is 0 Å². The highest BCUT2D eigenvalue weighted by molar-refractivity contribution is 5.96. The van der Waals surface area contributed by atoms with Crippen LogP contribution >= 0.6 is 0 Å². The summed E-state index contributed by atoms with van der Waals surface area (Å²) in [7, 11) is 0. The molecule has 1 fully saturated rings. The van der Waals surface area contributed by atoms with Crippen molar-refractivity contribution in [2.75, 3.05) is 18.1 Å². The van der Waals surface area contributed by atoms with Crippen LogP contribution in [0, 0.1) is 0 Å². The minimum atomic E-state index is -4.96. The monoisotopic (exact) mass is 536 g/mol. The number of halogens is 6. The maximum Gasteiger partial charge on any atom is 0.416 e. The van der Waals surface area contributed by atoms with Crippen LogP contribution in [-0.2, 0) is 29.0 Å². The van der Waals surface area contributed by atoms with Gasteiger partial charge >= 0.3 is 18.4 Å². The summed E-state index contributed by atoms with van der Waals surface area (Å²) in [6.07, 6.45) is -10.4. The largest absolute Gasteiger partial charge is 0.416 e. The Morgan fingerprint density at radius 1 is 0.921 bits per heavy atom. The lowest BCUT2D eigenvalue weighted by Gasteiger charge is -2.31. The summed E-state index contributed by atoms with van der Waals surface area (Å²) in [6.45, 7) is 3.31. The van der Waals surface area contributed by atoms with Gasteiger partial charge in [-0.3, -0.25) is 4.90 Å². The summed E-state index contributed by atoms with van der Waals surface area (Å²) in [5.74, 6) is 0. The normalized spacial score (nSPS) is 18.9. The predicted molar refractivity (Wildman–Crippen MR) is 131 cm³/mol. The number of carbonyl (C=O) groups excluding carboxylic acids is 1. The summed E-state index contributed by atoms with van der Waals surface area (Å²) < 4.78 is 86.1. The number of aryl methyl sites for hydroxylation is 1. The highest BCUT2D eigenvalue weighted by Crippen LogP contribution is 2.39.